The van der Waals surface area contributed by atoms with Crippen LogP contribution >= 0.6 is 11.3 Å². The van der Waals surface area contributed by atoms with Crippen molar-refractivity contribution in [2.24, 2.45) is 0 Å². The molecule has 5 heterocycles. The molecule has 0 saturated carbocycles. The second kappa shape index (κ2) is 7.97. The fourth-order valence-corrected chi connectivity index (χ4v) is 4.41. The van der Waals surface area contributed by atoms with Crippen LogP contribution in [0.4, 0.5) is 11.6 Å². The molecule has 0 radical (unpaired) electrons. The van der Waals surface area contributed by atoms with Gasteiger partial charge in [-0.2, -0.15) is 4.98 Å². The van der Waals surface area contributed by atoms with Crippen molar-refractivity contribution in [1.29, 1.82) is 0 Å². The van der Waals surface area contributed by atoms with Gasteiger partial charge in [-0.1, -0.05) is 6.07 Å². The zero-order chi connectivity index (χ0) is 20.5. The molecule has 4 aromatic heterocycles. The average molecular weight is 419 g/mol. The lowest BCUT2D eigenvalue weighted by Crippen LogP contribution is -2.20. The molecule has 4 aromatic rings. The number of pyridine rings is 3. The van der Waals surface area contributed by atoms with E-state index in [1.165, 1.54) is 0 Å². The number of nitrogens with zero attached hydrogens (tertiary/aromatic N) is 4. The highest BCUT2D eigenvalue weighted by Crippen LogP contribution is 2.32. The van der Waals surface area contributed by atoms with Crippen LogP contribution in [0.2, 0.25) is 0 Å². The molecule has 1 aliphatic rings. The predicted molar refractivity (Wildman–Crippen MR) is 120 cm³/mol. The molecule has 0 unspecified atom stereocenters. The monoisotopic (exact) mass is 418 g/mol. The van der Waals surface area contributed by atoms with E-state index in [9.17, 15) is 0 Å². The summed E-state index contributed by atoms with van der Waals surface area (Å²) in [5.74, 6) is 2.07. The fourth-order valence-electron chi connectivity index (χ4n) is 3.42. The second-order valence-electron chi connectivity index (χ2n) is 7.42. The van der Waals surface area contributed by atoms with Crippen molar-refractivity contribution in [3.8, 4) is 16.5 Å². The van der Waals surface area contributed by atoms with Crippen molar-refractivity contribution >= 4 is 33.2 Å². The van der Waals surface area contributed by atoms with Crippen LogP contribution in [0, 0.1) is 13.8 Å². The summed E-state index contributed by atoms with van der Waals surface area (Å²) in [5, 5.41) is 7.54. The maximum absolute atomic E-state index is 6.07. The summed E-state index contributed by atoms with van der Waals surface area (Å²) in [6.07, 6.45) is 6.67. The summed E-state index contributed by atoms with van der Waals surface area (Å²) < 4.78 is 7.10. The summed E-state index contributed by atoms with van der Waals surface area (Å²) in [5.41, 5.74) is 4.13. The zero-order valence-electron chi connectivity index (χ0n) is 16.8. The molecule has 1 saturated heterocycles. The Bertz CT molecular complexity index is 1200. The standard InChI is InChI=1S/C22H22N6OS/c1-13-5-7-24-11-16(13)22-26-17-9-20(25-12-18(17)30-22)27-19-4-3-14(2)21(28-19)29-15-6-8-23-10-15/h3-5,7,9,11-12,15,23H,6,8,10H2,1-2H3,(H,25,27,28)/t15-/m0/s1. The Morgan fingerprint density at radius 1 is 1.10 bits per heavy atom. The molecule has 0 spiro atoms. The third-order valence-corrected chi connectivity index (χ3v) is 6.18. The van der Waals surface area contributed by atoms with Crippen LogP contribution in [0.1, 0.15) is 17.5 Å². The minimum atomic E-state index is 0.172. The number of anilines is 2. The van der Waals surface area contributed by atoms with Gasteiger partial charge in [0, 0.05) is 42.3 Å². The van der Waals surface area contributed by atoms with Crippen LogP contribution in [-0.4, -0.2) is 39.1 Å². The van der Waals surface area contributed by atoms with Gasteiger partial charge in [-0.05, 0) is 44.5 Å². The molecule has 0 aliphatic carbocycles. The maximum atomic E-state index is 6.07. The molecule has 0 aromatic carbocycles. The first-order valence-corrected chi connectivity index (χ1v) is 10.8. The average Bonchev–Trinajstić information content (AvgIpc) is 3.40. The van der Waals surface area contributed by atoms with Gasteiger partial charge < -0.3 is 15.4 Å². The van der Waals surface area contributed by atoms with Gasteiger partial charge in [0.1, 0.15) is 22.7 Å². The highest BCUT2D eigenvalue weighted by Gasteiger charge is 2.18. The van der Waals surface area contributed by atoms with E-state index < -0.39 is 0 Å². The smallest absolute Gasteiger partial charge is 0.218 e. The van der Waals surface area contributed by atoms with Crippen LogP contribution in [0.5, 0.6) is 5.88 Å². The van der Waals surface area contributed by atoms with Crippen molar-refractivity contribution in [3.05, 3.63) is 54.0 Å². The van der Waals surface area contributed by atoms with Crippen molar-refractivity contribution in [2.45, 2.75) is 26.4 Å². The Kier molecular flexibility index (Phi) is 5.02. The van der Waals surface area contributed by atoms with Gasteiger partial charge >= 0.3 is 0 Å². The highest BCUT2D eigenvalue weighted by molar-refractivity contribution is 7.21. The lowest BCUT2D eigenvalue weighted by atomic mass is 10.2. The number of aromatic nitrogens is 4. The predicted octanol–water partition coefficient (Wildman–Crippen LogP) is 4.25. The summed E-state index contributed by atoms with van der Waals surface area (Å²) >= 11 is 1.62. The number of hydrogen-bond donors (Lipinski definition) is 2. The van der Waals surface area contributed by atoms with Gasteiger partial charge in [-0.15, -0.1) is 11.3 Å². The van der Waals surface area contributed by atoms with E-state index in [-0.39, 0.29) is 6.10 Å². The van der Waals surface area contributed by atoms with Crippen LogP contribution < -0.4 is 15.4 Å². The molecule has 30 heavy (non-hydrogen) atoms. The Morgan fingerprint density at radius 3 is 2.87 bits per heavy atom. The molecule has 0 amide bonds. The van der Waals surface area contributed by atoms with Gasteiger partial charge in [0.25, 0.3) is 0 Å². The van der Waals surface area contributed by atoms with E-state index in [2.05, 4.69) is 32.5 Å². The van der Waals surface area contributed by atoms with Gasteiger partial charge in [0.2, 0.25) is 5.88 Å². The third kappa shape index (κ3) is 3.83. The van der Waals surface area contributed by atoms with E-state index in [0.29, 0.717) is 17.5 Å². The minimum absolute atomic E-state index is 0.172. The SMILES string of the molecule is Cc1ccncc1-c1nc2cc(Nc3ccc(C)c(O[C@H]4CCNC4)n3)ncc2s1. The number of aryl methyl sites for hydroxylation is 2. The number of ether oxygens (including phenoxy) is 1. The first-order chi connectivity index (χ1) is 14.7. The molecule has 7 nitrogen and oxygen atoms in total. The van der Waals surface area contributed by atoms with Crippen LogP contribution in [0.25, 0.3) is 20.8 Å². The summed E-state index contributed by atoms with van der Waals surface area (Å²) in [6, 6.07) is 7.89. The van der Waals surface area contributed by atoms with Crippen molar-refractivity contribution < 1.29 is 4.74 Å². The molecular formula is C22H22N6OS. The maximum Gasteiger partial charge on any atom is 0.218 e. The molecule has 1 atom stereocenters. The summed E-state index contributed by atoms with van der Waals surface area (Å²) in [6.45, 7) is 5.92. The highest BCUT2D eigenvalue weighted by atomic mass is 32.1. The zero-order valence-corrected chi connectivity index (χ0v) is 17.7. The summed E-state index contributed by atoms with van der Waals surface area (Å²) in [7, 11) is 0. The Hall–Kier alpha value is -3.10. The van der Waals surface area contributed by atoms with E-state index in [4.69, 9.17) is 9.72 Å². The number of nitrogens with one attached hydrogen (secondary N) is 2. The number of rotatable bonds is 5. The van der Waals surface area contributed by atoms with Gasteiger partial charge in [0.15, 0.2) is 0 Å². The molecular weight excluding hydrogens is 396 g/mol. The molecule has 2 N–H and O–H groups in total. The topological polar surface area (TPSA) is 84.9 Å². The Morgan fingerprint density at radius 2 is 2.03 bits per heavy atom. The fraction of sp³-hybridized carbons (Fsp3) is 0.273. The van der Waals surface area contributed by atoms with E-state index in [1.54, 1.807) is 17.5 Å². The van der Waals surface area contributed by atoms with Gasteiger partial charge in [-0.3, -0.25) is 4.98 Å². The molecule has 8 heteroatoms. The third-order valence-electron chi connectivity index (χ3n) is 5.14. The van der Waals surface area contributed by atoms with Crippen molar-refractivity contribution in [2.75, 3.05) is 18.4 Å². The lowest BCUT2D eigenvalue weighted by Gasteiger charge is -2.14. The van der Waals surface area contributed by atoms with E-state index >= 15 is 0 Å². The first-order valence-electron chi connectivity index (χ1n) is 9.95. The Labute approximate surface area is 178 Å². The molecule has 0 bridgehead atoms. The number of thiazole rings is 1. The lowest BCUT2D eigenvalue weighted by molar-refractivity contribution is 0.213. The molecule has 152 valence electrons. The van der Waals surface area contributed by atoms with Crippen LogP contribution in [0.15, 0.2) is 42.9 Å². The quantitative estimate of drug-likeness (QED) is 0.501. The summed E-state index contributed by atoms with van der Waals surface area (Å²) in [4.78, 5) is 18.2. The minimum Gasteiger partial charge on any atom is -0.473 e. The normalized spacial score (nSPS) is 16.1. The Balaban J connectivity index is 1.39. The van der Waals surface area contributed by atoms with E-state index in [1.807, 2.05) is 43.6 Å². The molecule has 1 aliphatic heterocycles. The van der Waals surface area contributed by atoms with Gasteiger partial charge in [-0.25, -0.2) is 9.97 Å². The molecule has 5 rings (SSSR count). The largest absolute Gasteiger partial charge is 0.473 e. The van der Waals surface area contributed by atoms with Crippen molar-refractivity contribution in [1.82, 2.24) is 25.3 Å². The first kappa shape index (κ1) is 18.9. The van der Waals surface area contributed by atoms with Crippen molar-refractivity contribution in [3.63, 3.8) is 0 Å². The number of hydrogen-bond acceptors (Lipinski definition) is 8. The number of fused-ring (bicyclic) bond motifs is 1. The molecule has 1 fully saturated rings. The van der Waals surface area contributed by atoms with Gasteiger partial charge in [0.05, 0.1) is 10.2 Å². The van der Waals surface area contributed by atoms with Crippen LogP contribution in [-0.2, 0) is 0 Å². The van der Waals surface area contributed by atoms with Crippen LogP contribution in [0.3, 0.4) is 0 Å². The second-order valence-corrected chi connectivity index (χ2v) is 8.45. The van der Waals surface area contributed by atoms with E-state index in [0.717, 1.165) is 51.4 Å².